The molecule has 0 aliphatic heterocycles. The van der Waals surface area contributed by atoms with E-state index in [1.54, 1.807) is 18.5 Å². The van der Waals surface area contributed by atoms with Gasteiger partial charge in [0.05, 0.1) is 12.7 Å². The van der Waals surface area contributed by atoms with Crippen LogP contribution in [-0.2, 0) is 4.74 Å². The molecule has 2 heterocycles. The Balaban J connectivity index is 2.59. The summed E-state index contributed by atoms with van der Waals surface area (Å²) in [4.78, 5) is 19.7. The van der Waals surface area contributed by atoms with Crippen molar-refractivity contribution >= 4 is 17.6 Å². The Kier molecular flexibility index (Phi) is 3.58. The Morgan fingerprint density at radius 3 is 2.61 bits per heavy atom. The van der Waals surface area contributed by atoms with Crippen LogP contribution >= 0.6 is 11.6 Å². The molecule has 5 heteroatoms. The maximum Gasteiger partial charge on any atom is 0.341 e. The summed E-state index contributed by atoms with van der Waals surface area (Å²) in [6.07, 6.45) is 3.36. The first-order valence-corrected chi connectivity index (χ1v) is 5.67. The van der Waals surface area contributed by atoms with Gasteiger partial charge in [0.15, 0.2) is 0 Å². The van der Waals surface area contributed by atoms with E-state index in [4.69, 9.17) is 11.6 Å². The lowest BCUT2D eigenvalue weighted by molar-refractivity contribution is 0.0600. The molecule has 4 nitrogen and oxygen atoms in total. The van der Waals surface area contributed by atoms with Crippen molar-refractivity contribution in [1.82, 2.24) is 9.97 Å². The summed E-state index contributed by atoms with van der Waals surface area (Å²) in [6, 6.07) is 5.38. The zero-order valence-electron chi connectivity index (χ0n) is 9.98. The second-order valence-corrected chi connectivity index (χ2v) is 4.05. The van der Waals surface area contributed by atoms with Crippen LogP contribution in [0, 0.1) is 6.92 Å². The van der Waals surface area contributed by atoms with Crippen molar-refractivity contribution < 1.29 is 9.53 Å². The van der Waals surface area contributed by atoms with Crippen LogP contribution in [0.4, 0.5) is 0 Å². The quantitative estimate of drug-likeness (QED) is 0.617. The molecule has 0 N–H and O–H groups in total. The van der Waals surface area contributed by atoms with Gasteiger partial charge in [0.2, 0.25) is 0 Å². The summed E-state index contributed by atoms with van der Waals surface area (Å²) >= 11 is 5.94. The van der Waals surface area contributed by atoms with Gasteiger partial charge in [0, 0.05) is 23.7 Å². The number of carbonyl (C=O) groups is 1. The fraction of sp³-hybridized carbons (Fsp3) is 0.154. The molecule has 0 atom stereocenters. The SMILES string of the molecule is COC(=O)c1cc(-c2ccncc2)c(C)nc1Cl. The van der Waals surface area contributed by atoms with Gasteiger partial charge >= 0.3 is 5.97 Å². The molecule has 0 bridgehead atoms. The zero-order valence-corrected chi connectivity index (χ0v) is 10.7. The van der Waals surface area contributed by atoms with Crippen molar-refractivity contribution in [1.29, 1.82) is 0 Å². The minimum absolute atomic E-state index is 0.150. The number of hydrogen-bond acceptors (Lipinski definition) is 4. The molecule has 18 heavy (non-hydrogen) atoms. The van der Waals surface area contributed by atoms with E-state index in [1.807, 2.05) is 19.1 Å². The van der Waals surface area contributed by atoms with Crippen LogP contribution in [0.2, 0.25) is 5.15 Å². The summed E-state index contributed by atoms with van der Waals surface area (Å²) in [6.45, 7) is 1.84. The average molecular weight is 263 g/mol. The third-order valence-corrected chi connectivity index (χ3v) is 2.85. The molecule has 2 rings (SSSR count). The van der Waals surface area contributed by atoms with Gasteiger partial charge in [-0.1, -0.05) is 11.6 Å². The van der Waals surface area contributed by atoms with E-state index in [-0.39, 0.29) is 10.7 Å². The number of nitrogens with zero attached hydrogens (tertiary/aromatic N) is 2. The highest BCUT2D eigenvalue weighted by Crippen LogP contribution is 2.26. The van der Waals surface area contributed by atoms with Gasteiger partial charge in [0.1, 0.15) is 5.15 Å². The van der Waals surface area contributed by atoms with E-state index in [2.05, 4.69) is 14.7 Å². The number of hydrogen-bond donors (Lipinski definition) is 0. The highest BCUT2D eigenvalue weighted by Gasteiger charge is 2.15. The number of carbonyl (C=O) groups excluding carboxylic acids is 1. The highest BCUT2D eigenvalue weighted by molar-refractivity contribution is 6.32. The Hall–Kier alpha value is -1.94. The van der Waals surface area contributed by atoms with Crippen LogP contribution in [0.25, 0.3) is 11.1 Å². The number of methoxy groups -OCH3 is 1. The molecule has 0 aliphatic rings. The number of ether oxygens (including phenoxy) is 1. The predicted molar refractivity (Wildman–Crippen MR) is 68.6 cm³/mol. The van der Waals surface area contributed by atoms with Gasteiger partial charge in [-0.2, -0.15) is 0 Å². The number of halogens is 1. The maximum absolute atomic E-state index is 11.6. The topological polar surface area (TPSA) is 52.1 Å². The molecule has 0 saturated heterocycles. The number of aromatic nitrogens is 2. The molecular formula is C13H11ClN2O2. The largest absolute Gasteiger partial charge is 0.465 e. The zero-order chi connectivity index (χ0) is 13.1. The third-order valence-electron chi connectivity index (χ3n) is 2.56. The van der Waals surface area contributed by atoms with Gasteiger partial charge in [-0.3, -0.25) is 4.98 Å². The van der Waals surface area contributed by atoms with Crippen molar-refractivity contribution in [2.45, 2.75) is 6.92 Å². The fourth-order valence-electron chi connectivity index (χ4n) is 1.65. The smallest absolute Gasteiger partial charge is 0.341 e. The molecule has 0 unspecified atom stereocenters. The lowest BCUT2D eigenvalue weighted by Gasteiger charge is -2.09. The van der Waals surface area contributed by atoms with Gasteiger partial charge in [0.25, 0.3) is 0 Å². The standard InChI is InChI=1S/C13H11ClN2O2/c1-8-10(9-3-5-15-6-4-9)7-11(12(14)16-8)13(17)18-2/h3-7H,1-2H3. The molecule has 0 fully saturated rings. The summed E-state index contributed by atoms with van der Waals surface area (Å²) in [5.41, 5.74) is 2.77. The van der Waals surface area contributed by atoms with Crippen molar-refractivity contribution in [2.75, 3.05) is 7.11 Å². The van der Waals surface area contributed by atoms with Gasteiger partial charge in [-0.15, -0.1) is 0 Å². The molecule has 0 aromatic carbocycles. The van der Waals surface area contributed by atoms with Gasteiger partial charge < -0.3 is 4.74 Å². The fourth-order valence-corrected chi connectivity index (χ4v) is 1.91. The molecule has 0 saturated carbocycles. The van der Waals surface area contributed by atoms with Crippen molar-refractivity contribution in [2.24, 2.45) is 0 Å². The monoisotopic (exact) mass is 262 g/mol. The summed E-state index contributed by atoms with van der Waals surface area (Å²) in [5.74, 6) is -0.497. The number of rotatable bonds is 2. The maximum atomic E-state index is 11.6. The minimum atomic E-state index is -0.497. The van der Waals surface area contributed by atoms with Crippen LogP contribution in [0.15, 0.2) is 30.6 Å². The number of pyridine rings is 2. The second-order valence-electron chi connectivity index (χ2n) is 3.69. The lowest BCUT2D eigenvalue weighted by Crippen LogP contribution is -2.05. The Labute approximate surface area is 110 Å². The molecule has 2 aromatic rings. The van der Waals surface area contributed by atoms with E-state index in [1.165, 1.54) is 7.11 Å². The molecule has 0 spiro atoms. The minimum Gasteiger partial charge on any atom is -0.465 e. The van der Waals surface area contributed by atoms with Crippen molar-refractivity contribution in [3.63, 3.8) is 0 Å². The van der Waals surface area contributed by atoms with E-state index in [0.29, 0.717) is 0 Å². The van der Waals surface area contributed by atoms with Crippen molar-refractivity contribution in [3.05, 3.63) is 47.0 Å². The first-order valence-electron chi connectivity index (χ1n) is 5.29. The molecule has 0 aliphatic carbocycles. The average Bonchev–Trinajstić information content (AvgIpc) is 2.39. The molecule has 0 radical (unpaired) electrons. The summed E-state index contributed by atoms with van der Waals surface area (Å²) < 4.78 is 4.67. The van der Waals surface area contributed by atoms with Crippen LogP contribution in [-0.4, -0.2) is 23.0 Å². The summed E-state index contributed by atoms with van der Waals surface area (Å²) in [5, 5.41) is 0.150. The van der Waals surface area contributed by atoms with Crippen LogP contribution in [0.5, 0.6) is 0 Å². The van der Waals surface area contributed by atoms with Crippen molar-refractivity contribution in [3.8, 4) is 11.1 Å². The van der Waals surface area contributed by atoms with Gasteiger partial charge in [-0.25, -0.2) is 9.78 Å². The van der Waals surface area contributed by atoms with E-state index >= 15 is 0 Å². The van der Waals surface area contributed by atoms with Crippen LogP contribution < -0.4 is 0 Å². The number of aryl methyl sites for hydroxylation is 1. The Morgan fingerprint density at radius 1 is 1.33 bits per heavy atom. The van der Waals surface area contributed by atoms with E-state index in [9.17, 15) is 4.79 Å². The number of esters is 1. The highest BCUT2D eigenvalue weighted by atomic mass is 35.5. The van der Waals surface area contributed by atoms with Crippen LogP contribution in [0.3, 0.4) is 0 Å². The first kappa shape index (κ1) is 12.5. The third kappa shape index (κ3) is 2.33. The molecule has 2 aromatic heterocycles. The normalized spacial score (nSPS) is 10.2. The predicted octanol–water partition coefficient (Wildman–Crippen LogP) is 2.89. The van der Waals surface area contributed by atoms with E-state index in [0.717, 1.165) is 16.8 Å². The molecular weight excluding hydrogens is 252 g/mol. The van der Waals surface area contributed by atoms with Crippen LogP contribution in [0.1, 0.15) is 16.1 Å². The Morgan fingerprint density at radius 2 is 2.00 bits per heavy atom. The van der Waals surface area contributed by atoms with E-state index < -0.39 is 5.97 Å². The molecule has 92 valence electrons. The Bertz CT molecular complexity index is 585. The lowest BCUT2D eigenvalue weighted by atomic mass is 10.0. The second kappa shape index (κ2) is 5.14. The molecule has 0 amide bonds. The van der Waals surface area contributed by atoms with Gasteiger partial charge in [-0.05, 0) is 30.7 Å². The summed E-state index contributed by atoms with van der Waals surface area (Å²) in [7, 11) is 1.31. The first-order chi connectivity index (χ1) is 8.63.